The van der Waals surface area contributed by atoms with Crippen LogP contribution in [0.1, 0.15) is 11.1 Å². The van der Waals surface area contributed by atoms with Crippen molar-refractivity contribution in [3.8, 4) is 23.0 Å². The van der Waals surface area contributed by atoms with Crippen LogP contribution in [0.4, 0.5) is 0 Å². The molecule has 1 aliphatic heterocycles. The van der Waals surface area contributed by atoms with Gasteiger partial charge in [-0.05, 0) is 23.3 Å². The summed E-state index contributed by atoms with van der Waals surface area (Å²) in [4.78, 5) is 8.57. The zero-order valence-electron chi connectivity index (χ0n) is 9.96. The van der Waals surface area contributed by atoms with Gasteiger partial charge in [-0.15, -0.1) is 11.3 Å². The third kappa shape index (κ3) is 1.85. The monoisotopic (exact) mass is 270 g/mol. The third-order valence-corrected chi connectivity index (χ3v) is 3.76. The van der Waals surface area contributed by atoms with Crippen LogP contribution < -0.4 is 5.32 Å². The number of benzene rings is 1. The van der Waals surface area contributed by atoms with Crippen LogP contribution in [0, 0.1) is 0 Å². The highest BCUT2D eigenvalue weighted by molar-refractivity contribution is 7.07. The Morgan fingerprint density at radius 2 is 2.16 bits per heavy atom. The van der Waals surface area contributed by atoms with Crippen molar-refractivity contribution < 1.29 is 4.52 Å². The van der Waals surface area contributed by atoms with Crippen molar-refractivity contribution in [1.29, 1.82) is 0 Å². The summed E-state index contributed by atoms with van der Waals surface area (Å²) in [5.41, 5.74) is 6.10. The van der Waals surface area contributed by atoms with Gasteiger partial charge < -0.3 is 9.84 Å². The Morgan fingerprint density at radius 1 is 1.21 bits per heavy atom. The molecule has 2 aromatic heterocycles. The van der Waals surface area contributed by atoms with Crippen LogP contribution in [-0.2, 0) is 13.1 Å². The second-order valence-corrected chi connectivity index (χ2v) is 5.10. The molecule has 1 aliphatic rings. The summed E-state index contributed by atoms with van der Waals surface area (Å²) >= 11 is 1.51. The average Bonchev–Trinajstić information content (AvgIpc) is 3.18. The van der Waals surface area contributed by atoms with E-state index in [0.717, 1.165) is 24.3 Å². The summed E-state index contributed by atoms with van der Waals surface area (Å²) in [5, 5.41) is 9.19. The van der Waals surface area contributed by atoms with Crippen LogP contribution in [-0.4, -0.2) is 15.1 Å². The SMILES string of the molecule is c1nc(-c2noc(-c3ccc4c(c3)CNC4)n2)cs1. The molecule has 6 heteroatoms. The van der Waals surface area contributed by atoms with Gasteiger partial charge in [0.05, 0.1) is 5.51 Å². The van der Waals surface area contributed by atoms with Crippen molar-refractivity contribution in [2.75, 3.05) is 0 Å². The van der Waals surface area contributed by atoms with Crippen molar-refractivity contribution >= 4 is 11.3 Å². The Balaban J connectivity index is 1.73. The van der Waals surface area contributed by atoms with E-state index in [-0.39, 0.29) is 0 Å². The van der Waals surface area contributed by atoms with Gasteiger partial charge in [0.2, 0.25) is 5.82 Å². The molecule has 0 saturated carbocycles. The standard InChI is InChI=1S/C13H10N4OS/c1-2-9-4-14-5-10(9)3-8(1)13-16-12(17-18-13)11-6-19-7-15-11/h1-3,6-7,14H,4-5H2. The van der Waals surface area contributed by atoms with Gasteiger partial charge in [0.15, 0.2) is 0 Å². The van der Waals surface area contributed by atoms with E-state index in [1.54, 1.807) is 5.51 Å². The minimum absolute atomic E-state index is 0.537. The number of hydrogen-bond donors (Lipinski definition) is 1. The minimum Gasteiger partial charge on any atom is -0.334 e. The molecule has 0 bridgehead atoms. The molecular weight excluding hydrogens is 260 g/mol. The lowest BCUT2D eigenvalue weighted by Gasteiger charge is -1.99. The largest absolute Gasteiger partial charge is 0.334 e. The Labute approximate surface area is 113 Å². The van der Waals surface area contributed by atoms with Crippen LogP contribution in [0.3, 0.4) is 0 Å². The molecule has 0 radical (unpaired) electrons. The normalized spacial score (nSPS) is 13.7. The Hall–Kier alpha value is -2.05. The quantitative estimate of drug-likeness (QED) is 0.775. The fraction of sp³-hybridized carbons (Fsp3) is 0.154. The molecule has 0 unspecified atom stereocenters. The minimum atomic E-state index is 0.537. The van der Waals surface area contributed by atoms with Gasteiger partial charge in [0, 0.05) is 24.0 Å². The first-order valence-electron chi connectivity index (χ1n) is 5.95. The number of rotatable bonds is 2. The number of nitrogens with one attached hydrogen (secondary N) is 1. The number of aromatic nitrogens is 3. The third-order valence-electron chi connectivity index (χ3n) is 3.17. The van der Waals surface area contributed by atoms with Crippen LogP contribution in [0.25, 0.3) is 23.0 Å². The maximum Gasteiger partial charge on any atom is 0.258 e. The zero-order chi connectivity index (χ0) is 12.7. The van der Waals surface area contributed by atoms with Crippen molar-refractivity contribution in [3.05, 3.63) is 40.2 Å². The smallest absolute Gasteiger partial charge is 0.258 e. The topological polar surface area (TPSA) is 63.8 Å². The van der Waals surface area contributed by atoms with E-state index in [1.165, 1.54) is 22.5 Å². The molecule has 19 heavy (non-hydrogen) atoms. The predicted molar refractivity (Wildman–Crippen MR) is 71.4 cm³/mol. The lowest BCUT2D eigenvalue weighted by molar-refractivity contribution is 0.432. The number of fused-ring (bicyclic) bond motifs is 1. The summed E-state index contributed by atoms with van der Waals surface area (Å²) < 4.78 is 5.32. The summed E-state index contributed by atoms with van der Waals surface area (Å²) in [6.45, 7) is 1.83. The average molecular weight is 270 g/mol. The number of hydrogen-bond acceptors (Lipinski definition) is 6. The summed E-state index contributed by atoms with van der Waals surface area (Å²) in [6.07, 6.45) is 0. The molecule has 4 rings (SSSR count). The number of thiazole rings is 1. The Kier molecular flexibility index (Phi) is 2.43. The molecule has 3 aromatic rings. The second kappa shape index (κ2) is 4.25. The highest BCUT2D eigenvalue weighted by Crippen LogP contribution is 2.25. The van der Waals surface area contributed by atoms with Crippen LogP contribution in [0.2, 0.25) is 0 Å². The van der Waals surface area contributed by atoms with Gasteiger partial charge in [0.1, 0.15) is 5.69 Å². The Morgan fingerprint density at radius 3 is 3.05 bits per heavy atom. The van der Waals surface area contributed by atoms with Crippen LogP contribution in [0.5, 0.6) is 0 Å². The fourth-order valence-electron chi connectivity index (χ4n) is 2.20. The van der Waals surface area contributed by atoms with Crippen molar-refractivity contribution in [2.45, 2.75) is 13.1 Å². The first-order chi connectivity index (χ1) is 9.40. The van der Waals surface area contributed by atoms with E-state index < -0.39 is 0 Å². The van der Waals surface area contributed by atoms with Crippen LogP contribution in [0.15, 0.2) is 33.6 Å². The fourth-order valence-corrected chi connectivity index (χ4v) is 2.73. The van der Waals surface area contributed by atoms with Crippen molar-refractivity contribution in [2.24, 2.45) is 0 Å². The molecule has 0 saturated heterocycles. The maximum absolute atomic E-state index is 5.32. The molecule has 0 atom stereocenters. The molecule has 0 amide bonds. The zero-order valence-corrected chi connectivity index (χ0v) is 10.8. The van der Waals surface area contributed by atoms with Crippen molar-refractivity contribution in [1.82, 2.24) is 20.4 Å². The lowest BCUT2D eigenvalue weighted by Crippen LogP contribution is -1.99. The molecule has 3 heterocycles. The van der Waals surface area contributed by atoms with E-state index >= 15 is 0 Å². The molecule has 1 N–H and O–H groups in total. The highest BCUT2D eigenvalue weighted by atomic mass is 32.1. The predicted octanol–water partition coefficient (Wildman–Crippen LogP) is 2.46. The second-order valence-electron chi connectivity index (χ2n) is 4.38. The van der Waals surface area contributed by atoms with Gasteiger partial charge in [-0.25, -0.2) is 4.98 Å². The first-order valence-corrected chi connectivity index (χ1v) is 6.89. The molecular formula is C13H10N4OS. The van der Waals surface area contributed by atoms with E-state index in [9.17, 15) is 0 Å². The van der Waals surface area contributed by atoms with Crippen LogP contribution >= 0.6 is 11.3 Å². The van der Waals surface area contributed by atoms with E-state index in [2.05, 4.69) is 32.6 Å². The van der Waals surface area contributed by atoms with Gasteiger partial charge >= 0.3 is 0 Å². The molecule has 5 nitrogen and oxygen atoms in total. The van der Waals surface area contributed by atoms with E-state index in [1.807, 2.05) is 11.4 Å². The number of nitrogens with zero attached hydrogens (tertiary/aromatic N) is 3. The molecule has 0 spiro atoms. The Bertz CT molecular complexity index is 720. The summed E-state index contributed by atoms with van der Waals surface area (Å²) in [7, 11) is 0. The maximum atomic E-state index is 5.32. The van der Waals surface area contributed by atoms with E-state index in [0.29, 0.717) is 11.7 Å². The lowest BCUT2D eigenvalue weighted by atomic mass is 10.1. The molecule has 0 fully saturated rings. The van der Waals surface area contributed by atoms with Gasteiger partial charge in [-0.1, -0.05) is 11.2 Å². The van der Waals surface area contributed by atoms with Gasteiger partial charge in [-0.3, -0.25) is 0 Å². The summed E-state index contributed by atoms with van der Waals surface area (Å²) in [5.74, 6) is 1.08. The summed E-state index contributed by atoms with van der Waals surface area (Å²) in [6, 6.07) is 6.23. The molecule has 1 aromatic carbocycles. The van der Waals surface area contributed by atoms with Gasteiger partial charge in [0.25, 0.3) is 5.89 Å². The molecule has 94 valence electrons. The van der Waals surface area contributed by atoms with E-state index in [4.69, 9.17) is 4.52 Å². The highest BCUT2D eigenvalue weighted by Gasteiger charge is 2.15. The first kappa shape index (κ1) is 10.8. The van der Waals surface area contributed by atoms with Crippen molar-refractivity contribution in [3.63, 3.8) is 0 Å². The van der Waals surface area contributed by atoms with Gasteiger partial charge in [-0.2, -0.15) is 4.98 Å². The molecule has 0 aliphatic carbocycles.